The van der Waals surface area contributed by atoms with Crippen molar-refractivity contribution in [1.29, 1.82) is 0 Å². The summed E-state index contributed by atoms with van der Waals surface area (Å²) < 4.78 is 4.19. The van der Waals surface area contributed by atoms with Gasteiger partial charge in [0, 0.05) is 0 Å². The minimum Gasteiger partial charge on any atom is -0.468 e. The molecule has 2 N–H and O–H groups in total. The van der Waals surface area contributed by atoms with Gasteiger partial charge in [-0.1, -0.05) is 13.8 Å². The molecule has 1 aliphatic heterocycles. The van der Waals surface area contributed by atoms with E-state index in [9.17, 15) is 9.59 Å². The van der Waals surface area contributed by atoms with E-state index >= 15 is 0 Å². The number of carbonyl (C=O) groups excluding carboxylic acids is 2. The molecule has 1 amide bonds. The molecule has 0 aromatic rings. The van der Waals surface area contributed by atoms with Crippen LogP contribution in [0.15, 0.2) is 0 Å². The first-order valence-corrected chi connectivity index (χ1v) is 5.26. The smallest absolute Gasteiger partial charge is 0.325 e. The molecule has 1 fully saturated rings. The normalized spacial score (nSPS) is 12.5. The van der Waals surface area contributed by atoms with Gasteiger partial charge in [0.1, 0.15) is 6.54 Å². The van der Waals surface area contributed by atoms with Crippen LogP contribution in [0.25, 0.3) is 0 Å². The van der Waals surface area contributed by atoms with Crippen molar-refractivity contribution in [2.75, 3.05) is 26.7 Å². The van der Waals surface area contributed by atoms with E-state index in [0.29, 0.717) is 6.41 Å². The standard InChI is InChI=1S/C4H7NO3.C4H9N.C2H6/c1-8-4(7)2-5-3-6;1-2-4-5-3-1;1-2/h3H,2H2,1H3,(H,5,6);5H,1-4H2;1-2H3. The highest BCUT2D eigenvalue weighted by atomic mass is 16.5. The third-order valence-electron chi connectivity index (χ3n) is 1.51. The summed E-state index contributed by atoms with van der Waals surface area (Å²) in [6.45, 7) is 6.44. The van der Waals surface area contributed by atoms with Crippen molar-refractivity contribution in [3.05, 3.63) is 0 Å². The van der Waals surface area contributed by atoms with E-state index in [1.54, 1.807) is 0 Å². The van der Waals surface area contributed by atoms with E-state index in [1.807, 2.05) is 13.8 Å². The highest BCUT2D eigenvalue weighted by molar-refractivity contribution is 5.73. The molecule has 0 spiro atoms. The lowest BCUT2D eigenvalue weighted by Crippen LogP contribution is -2.21. The van der Waals surface area contributed by atoms with E-state index in [0.717, 1.165) is 0 Å². The molecule has 0 saturated carbocycles. The molecule has 0 aromatic heterocycles. The highest BCUT2D eigenvalue weighted by Gasteiger charge is 1.94. The number of esters is 1. The summed E-state index contributed by atoms with van der Waals surface area (Å²) in [4.78, 5) is 19.6. The second kappa shape index (κ2) is 15.4. The van der Waals surface area contributed by atoms with E-state index < -0.39 is 5.97 Å². The molecule has 0 aromatic carbocycles. The van der Waals surface area contributed by atoms with E-state index in [4.69, 9.17) is 0 Å². The molecule has 0 atom stereocenters. The molecular formula is C10H22N2O3. The van der Waals surface area contributed by atoms with Crippen molar-refractivity contribution >= 4 is 12.4 Å². The van der Waals surface area contributed by atoms with Crippen LogP contribution >= 0.6 is 0 Å². The number of methoxy groups -OCH3 is 1. The van der Waals surface area contributed by atoms with Gasteiger partial charge in [0.15, 0.2) is 0 Å². The number of hydrogen-bond donors (Lipinski definition) is 2. The number of amides is 1. The summed E-state index contributed by atoms with van der Waals surface area (Å²) in [6, 6.07) is 0. The Morgan fingerprint density at radius 1 is 1.40 bits per heavy atom. The Morgan fingerprint density at radius 3 is 2.20 bits per heavy atom. The van der Waals surface area contributed by atoms with Crippen LogP contribution in [0.2, 0.25) is 0 Å². The molecule has 0 aliphatic carbocycles. The average Bonchev–Trinajstić information content (AvgIpc) is 2.87. The number of ether oxygens (including phenoxy) is 1. The number of hydrogen-bond acceptors (Lipinski definition) is 4. The lowest BCUT2D eigenvalue weighted by atomic mass is 10.4. The molecular weight excluding hydrogens is 196 g/mol. The molecule has 90 valence electrons. The van der Waals surface area contributed by atoms with Crippen molar-refractivity contribution in [1.82, 2.24) is 10.6 Å². The maximum Gasteiger partial charge on any atom is 0.325 e. The Hall–Kier alpha value is -1.10. The Kier molecular flexibility index (Phi) is 16.7. The average molecular weight is 218 g/mol. The first kappa shape index (κ1) is 16.3. The zero-order valence-corrected chi connectivity index (χ0v) is 9.84. The summed E-state index contributed by atoms with van der Waals surface area (Å²) in [6.07, 6.45) is 3.22. The van der Waals surface area contributed by atoms with Gasteiger partial charge in [-0.15, -0.1) is 0 Å². The fourth-order valence-electron chi connectivity index (χ4n) is 0.822. The topological polar surface area (TPSA) is 67.4 Å². The van der Waals surface area contributed by atoms with Crippen LogP contribution in [0.1, 0.15) is 26.7 Å². The van der Waals surface area contributed by atoms with E-state index in [2.05, 4.69) is 15.4 Å². The lowest BCUT2D eigenvalue weighted by molar-refractivity contribution is -0.140. The van der Waals surface area contributed by atoms with Crippen LogP contribution < -0.4 is 10.6 Å². The molecule has 0 unspecified atom stereocenters. The predicted octanol–water partition coefficient (Wildman–Crippen LogP) is 0.301. The largest absolute Gasteiger partial charge is 0.468 e. The van der Waals surface area contributed by atoms with Crippen molar-refractivity contribution in [2.24, 2.45) is 0 Å². The fourth-order valence-corrected chi connectivity index (χ4v) is 0.822. The summed E-state index contributed by atoms with van der Waals surface area (Å²) in [5.41, 5.74) is 0. The molecule has 5 heteroatoms. The monoisotopic (exact) mass is 218 g/mol. The predicted molar refractivity (Wildman–Crippen MR) is 59.5 cm³/mol. The Balaban J connectivity index is 0. The molecule has 1 heterocycles. The van der Waals surface area contributed by atoms with Crippen molar-refractivity contribution < 1.29 is 14.3 Å². The maximum atomic E-state index is 10.1. The molecule has 1 saturated heterocycles. The van der Waals surface area contributed by atoms with Gasteiger partial charge in [-0.05, 0) is 25.9 Å². The van der Waals surface area contributed by atoms with Crippen LogP contribution in [-0.4, -0.2) is 39.1 Å². The maximum absolute atomic E-state index is 10.1. The lowest BCUT2D eigenvalue weighted by Gasteiger charge is -1.93. The zero-order chi connectivity index (χ0) is 11.9. The number of rotatable bonds is 3. The van der Waals surface area contributed by atoms with Crippen LogP contribution in [0, 0.1) is 0 Å². The third-order valence-corrected chi connectivity index (χ3v) is 1.51. The van der Waals surface area contributed by atoms with Crippen LogP contribution in [0.3, 0.4) is 0 Å². The quantitative estimate of drug-likeness (QED) is 0.528. The van der Waals surface area contributed by atoms with Crippen molar-refractivity contribution in [3.8, 4) is 0 Å². The second-order valence-electron chi connectivity index (χ2n) is 2.53. The zero-order valence-electron chi connectivity index (χ0n) is 9.84. The SMILES string of the molecule is C1CCNC1.CC.COC(=O)CNC=O. The molecule has 5 nitrogen and oxygen atoms in total. The molecule has 0 radical (unpaired) electrons. The van der Waals surface area contributed by atoms with E-state index in [1.165, 1.54) is 33.0 Å². The molecule has 0 bridgehead atoms. The fraction of sp³-hybridized carbons (Fsp3) is 0.800. The summed E-state index contributed by atoms with van der Waals surface area (Å²) in [7, 11) is 1.26. The van der Waals surface area contributed by atoms with Crippen LogP contribution in [-0.2, 0) is 14.3 Å². The van der Waals surface area contributed by atoms with Crippen molar-refractivity contribution in [2.45, 2.75) is 26.7 Å². The van der Waals surface area contributed by atoms with Gasteiger partial charge in [0.05, 0.1) is 7.11 Å². The molecule has 15 heavy (non-hydrogen) atoms. The van der Waals surface area contributed by atoms with Crippen LogP contribution in [0.5, 0.6) is 0 Å². The summed E-state index contributed by atoms with van der Waals surface area (Å²) >= 11 is 0. The first-order chi connectivity index (χ1) is 7.31. The Bertz CT molecular complexity index is 140. The van der Waals surface area contributed by atoms with Gasteiger partial charge in [-0.3, -0.25) is 9.59 Å². The van der Waals surface area contributed by atoms with Crippen LogP contribution in [0.4, 0.5) is 0 Å². The van der Waals surface area contributed by atoms with Gasteiger partial charge in [-0.2, -0.15) is 0 Å². The highest BCUT2D eigenvalue weighted by Crippen LogP contribution is 1.90. The van der Waals surface area contributed by atoms with Gasteiger partial charge < -0.3 is 15.4 Å². The van der Waals surface area contributed by atoms with Gasteiger partial charge in [-0.25, -0.2) is 0 Å². The number of nitrogens with one attached hydrogen (secondary N) is 2. The number of carbonyl (C=O) groups is 2. The van der Waals surface area contributed by atoms with Gasteiger partial charge in [0.25, 0.3) is 0 Å². The minimum absolute atomic E-state index is 0.0556. The summed E-state index contributed by atoms with van der Waals surface area (Å²) in [5, 5.41) is 5.37. The molecule has 1 aliphatic rings. The second-order valence-corrected chi connectivity index (χ2v) is 2.53. The molecule has 1 rings (SSSR count). The minimum atomic E-state index is -0.447. The first-order valence-electron chi connectivity index (χ1n) is 5.26. The van der Waals surface area contributed by atoms with Crippen molar-refractivity contribution in [3.63, 3.8) is 0 Å². The van der Waals surface area contributed by atoms with Gasteiger partial charge in [0.2, 0.25) is 6.41 Å². The van der Waals surface area contributed by atoms with E-state index in [-0.39, 0.29) is 6.54 Å². The Labute approximate surface area is 91.6 Å². The summed E-state index contributed by atoms with van der Waals surface area (Å²) in [5.74, 6) is -0.447. The van der Waals surface area contributed by atoms with Gasteiger partial charge >= 0.3 is 5.97 Å². The third kappa shape index (κ3) is 15.6. The Morgan fingerprint density at radius 2 is 1.93 bits per heavy atom.